The summed E-state index contributed by atoms with van der Waals surface area (Å²) in [6.45, 7) is 3.86. The number of thiophene rings is 1. The van der Waals surface area contributed by atoms with Gasteiger partial charge in [-0.2, -0.15) is 0 Å². The van der Waals surface area contributed by atoms with Gasteiger partial charge in [-0.25, -0.2) is 9.59 Å². The molecule has 0 fully saturated rings. The minimum Gasteiger partial charge on any atom is -0.465 e. The molecule has 3 aromatic rings. The van der Waals surface area contributed by atoms with Gasteiger partial charge in [0.05, 0.1) is 7.11 Å². The van der Waals surface area contributed by atoms with Gasteiger partial charge in [-0.3, -0.25) is 5.32 Å². The molecule has 0 spiro atoms. The van der Waals surface area contributed by atoms with E-state index in [2.05, 4.69) is 10.6 Å². The van der Waals surface area contributed by atoms with Crippen LogP contribution < -0.4 is 10.6 Å². The SMILES string of the molecule is COC(=O)c1c(NC(=O)Nc2ccc(C)cc2)sc(C)c1-c1ccc(Cl)cc1. The van der Waals surface area contributed by atoms with Crippen LogP contribution in [0.25, 0.3) is 11.1 Å². The third-order valence-corrected chi connectivity index (χ3v) is 5.42. The van der Waals surface area contributed by atoms with Gasteiger partial charge in [0, 0.05) is 21.2 Å². The summed E-state index contributed by atoms with van der Waals surface area (Å²) in [5, 5.41) is 6.57. The first kappa shape index (κ1) is 19.9. The van der Waals surface area contributed by atoms with E-state index in [4.69, 9.17) is 16.3 Å². The van der Waals surface area contributed by atoms with E-state index in [0.29, 0.717) is 21.3 Å². The Kier molecular flexibility index (Phi) is 6.02. The molecule has 0 aliphatic heterocycles. The number of rotatable bonds is 4. The van der Waals surface area contributed by atoms with Gasteiger partial charge in [0.25, 0.3) is 0 Å². The van der Waals surface area contributed by atoms with Crippen LogP contribution in [0.4, 0.5) is 15.5 Å². The molecule has 0 saturated carbocycles. The Morgan fingerprint density at radius 1 is 0.964 bits per heavy atom. The molecule has 2 amide bonds. The summed E-state index contributed by atoms with van der Waals surface area (Å²) >= 11 is 7.29. The summed E-state index contributed by atoms with van der Waals surface area (Å²) < 4.78 is 4.96. The van der Waals surface area contributed by atoms with Crippen LogP contribution in [0, 0.1) is 13.8 Å². The van der Waals surface area contributed by atoms with Gasteiger partial charge in [-0.1, -0.05) is 41.4 Å². The van der Waals surface area contributed by atoms with E-state index in [1.54, 1.807) is 12.1 Å². The van der Waals surface area contributed by atoms with Gasteiger partial charge in [0.2, 0.25) is 0 Å². The summed E-state index contributed by atoms with van der Waals surface area (Å²) in [6.07, 6.45) is 0. The number of halogens is 1. The molecule has 0 aliphatic rings. The Morgan fingerprint density at radius 2 is 1.61 bits per heavy atom. The predicted molar refractivity (Wildman–Crippen MR) is 115 cm³/mol. The lowest BCUT2D eigenvalue weighted by Crippen LogP contribution is -2.20. The third kappa shape index (κ3) is 4.35. The molecule has 0 bridgehead atoms. The first-order valence-electron chi connectivity index (χ1n) is 8.51. The van der Waals surface area contributed by atoms with Crippen LogP contribution in [-0.2, 0) is 4.74 Å². The van der Waals surface area contributed by atoms with Crippen molar-refractivity contribution in [2.24, 2.45) is 0 Å². The average Bonchev–Trinajstić information content (AvgIpc) is 2.99. The van der Waals surface area contributed by atoms with E-state index in [0.717, 1.165) is 21.6 Å². The summed E-state index contributed by atoms with van der Waals surface area (Å²) in [5.41, 5.74) is 3.63. The predicted octanol–water partition coefficient (Wildman–Crippen LogP) is 6.12. The maximum Gasteiger partial charge on any atom is 0.341 e. The molecule has 0 atom stereocenters. The van der Waals surface area contributed by atoms with E-state index in [9.17, 15) is 9.59 Å². The molecule has 3 rings (SSSR count). The summed E-state index contributed by atoms with van der Waals surface area (Å²) in [4.78, 5) is 25.8. The van der Waals surface area contributed by atoms with Gasteiger partial charge in [0.1, 0.15) is 10.6 Å². The fourth-order valence-electron chi connectivity index (χ4n) is 2.80. The lowest BCUT2D eigenvalue weighted by Gasteiger charge is -2.09. The minimum atomic E-state index is -0.514. The fraction of sp³-hybridized carbons (Fsp3) is 0.143. The fourth-order valence-corrected chi connectivity index (χ4v) is 3.98. The Labute approximate surface area is 172 Å². The zero-order chi connectivity index (χ0) is 20.3. The van der Waals surface area contributed by atoms with Crippen LogP contribution in [0.2, 0.25) is 5.02 Å². The molecule has 0 unspecified atom stereocenters. The van der Waals surface area contributed by atoms with Crippen molar-refractivity contribution in [1.29, 1.82) is 0 Å². The topological polar surface area (TPSA) is 67.4 Å². The number of methoxy groups -OCH3 is 1. The number of carbonyl (C=O) groups excluding carboxylic acids is 2. The number of anilines is 2. The molecule has 2 aromatic carbocycles. The van der Waals surface area contributed by atoms with Crippen molar-refractivity contribution in [1.82, 2.24) is 0 Å². The van der Waals surface area contributed by atoms with Crippen LogP contribution >= 0.6 is 22.9 Å². The zero-order valence-corrected chi connectivity index (χ0v) is 17.2. The summed E-state index contributed by atoms with van der Waals surface area (Å²) in [6, 6.07) is 14.2. The number of hydrogen-bond acceptors (Lipinski definition) is 4. The summed E-state index contributed by atoms with van der Waals surface area (Å²) in [5.74, 6) is -0.514. The first-order chi connectivity index (χ1) is 13.4. The number of nitrogens with one attached hydrogen (secondary N) is 2. The molecule has 0 radical (unpaired) electrons. The number of benzene rings is 2. The van der Waals surface area contributed by atoms with E-state index in [1.165, 1.54) is 18.4 Å². The monoisotopic (exact) mass is 414 g/mol. The van der Waals surface area contributed by atoms with E-state index < -0.39 is 12.0 Å². The second kappa shape index (κ2) is 8.46. The second-order valence-electron chi connectivity index (χ2n) is 6.18. The van der Waals surface area contributed by atoms with Crippen molar-refractivity contribution < 1.29 is 14.3 Å². The van der Waals surface area contributed by atoms with Gasteiger partial charge in [-0.15, -0.1) is 11.3 Å². The van der Waals surface area contributed by atoms with E-state index in [1.807, 2.05) is 50.2 Å². The van der Waals surface area contributed by atoms with E-state index >= 15 is 0 Å². The van der Waals surface area contributed by atoms with Gasteiger partial charge < -0.3 is 10.1 Å². The highest BCUT2D eigenvalue weighted by Gasteiger charge is 2.25. The number of esters is 1. The summed E-state index contributed by atoms with van der Waals surface area (Å²) in [7, 11) is 1.32. The highest BCUT2D eigenvalue weighted by Crippen LogP contribution is 2.40. The Morgan fingerprint density at radius 3 is 2.21 bits per heavy atom. The maximum absolute atomic E-state index is 12.5. The molecule has 0 saturated heterocycles. The number of urea groups is 1. The lowest BCUT2D eigenvalue weighted by molar-refractivity contribution is 0.0603. The number of aryl methyl sites for hydroxylation is 2. The molecular formula is C21H19ClN2O3S. The molecule has 0 aliphatic carbocycles. The van der Waals surface area contributed by atoms with Crippen LogP contribution in [0.5, 0.6) is 0 Å². The Hall–Kier alpha value is -2.83. The Bertz CT molecular complexity index is 1010. The van der Waals surface area contributed by atoms with Crippen molar-refractivity contribution >= 4 is 45.6 Å². The standard InChI is InChI=1S/C21H19ClN2O3S/c1-12-4-10-16(11-5-12)23-21(26)24-19-18(20(25)27-3)17(13(2)28-19)14-6-8-15(22)9-7-14/h4-11H,1-3H3,(H2,23,24,26). The van der Waals surface area contributed by atoms with Crippen molar-refractivity contribution in [2.45, 2.75) is 13.8 Å². The number of carbonyl (C=O) groups is 2. The zero-order valence-electron chi connectivity index (χ0n) is 15.6. The molecule has 144 valence electrons. The van der Waals surface area contributed by atoms with Crippen LogP contribution in [0.1, 0.15) is 20.8 Å². The Balaban J connectivity index is 1.93. The average molecular weight is 415 g/mol. The molecule has 1 aromatic heterocycles. The minimum absolute atomic E-state index is 0.325. The van der Waals surface area contributed by atoms with Gasteiger partial charge in [0.15, 0.2) is 0 Å². The smallest absolute Gasteiger partial charge is 0.341 e. The highest BCUT2D eigenvalue weighted by molar-refractivity contribution is 7.17. The van der Waals surface area contributed by atoms with Crippen LogP contribution in [-0.4, -0.2) is 19.1 Å². The molecule has 1 heterocycles. The molecule has 7 heteroatoms. The maximum atomic E-state index is 12.5. The third-order valence-electron chi connectivity index (χ3n) is 4.14. The van der Waals surface area contributed by atoms with Crippen LogP contribution in [0.3, 0.4) is 0 Å². The van der Waals surface area contributed by atoms with Crippen molar-refractivity contribution in [3.05, 3.63) is 69.6 Å². The molecule has 28 heavy (non-hydrogen) atoms. The van der Waals surface area contributed by atoms with Crippen molar-refractivity contribution in [3.8, 4) is 11.1 Å². The second-order valence-corrected chi connectivity index (χ2v) is 7.84. The number of hydrogen-bond donors (Lipinski definition) is 2. The molecule has 5 nitrogen and oxygen atoms in total. The highest BCUT2D eigenvalue weighted by atomic mass is 35.5. The van der Waals surface area contributed by atoms with Crippen LogP contribution in [0.15, 0.2) is 48.5 Å². The molecular weight excluding hydrogens is 396 g/mol. The van der Waals surface area contributed by atoms with Gasteiger partial charge >= 0.3 is 12.0 Å². The largest absolute Gasteiger partial charge is 0.465 e. The normalized spacial score (nSPS) is 10.4. The quantitative estimate of drug-likeness (QED) is 0.505. The first-order valence-corrected chi connectivity index (χ1v) is 9.71. The van der Waals surface area contributed by atoms with Gasteiger partial charge in [-0.05, 0) is 43.7 Å². The van der Waals surface area contributed by atoms with E-state index in [-0.39, 0.29) is 0 Å². The van der Waals surface area contributed by atoms with Crippen molar-refractivity contribution in [3.63, 3.8) is 0 Å². The lowest BCUT2D eigenvalue weighted by atomic mass is 10.0. The number of ether oxygens (including phenoxy) is 1. The molecule has 2 N–H and O–H groups in total. The van der Waals surface area contributed by atoms with Crippen molar-refractivity contribution in [2.75, 3.05) is 17.7 Å². The number of amides is 2.